The summed E-state index contributed by atoms with van der Waals surface area (Å²) in [4.78, 5) is 0. The second-order valence-electron chi connectivity index (χ2n) is 6.40. The van der Waals surface area contributed by atoms with E-state index in [1.54, 1.807) is 0 Å². The van der Waals surface area contributed by atoms with Crippen LogP contribution in [-0.2, 0) is 10.1 Å². The van der Waals surface area contributed by atoms with Gasteiger partial charge in [0.05, 0.1) is 0 Å². The molecular weight excluding hydrogens is 312 g/mol. The number of aliphatic hydroxyl groups excluding tert-OH is 1. The highest BCUT2D eigenvalue weighted by molar-refractivity contribution is 7.89. The van der Waals surface area contributed by atoms with E-state index in [1.165, 1.54) is 76.7 Å². The largest absolute Gasteiger partial charge is 0.497 e. The lowest BCUT2D eigenvalue weighted by molar-refractivity contribution is 0.403. The zero-order valence-corrected chi connectivity index (χ0v) is 15.6. The fraction of sp³-hybridized carbons (Fsp3) is 0.889. The number of rotatable bonds is 16. The summed E-state index contributed by atoms with van der Waals surface area (Å²) in [6.45, 7) is 2.25. The maximum atomic E-state index is 10.5. The first-order valence-electron chi connectivity index (χ1n) is 9.35. The van der Waals surface area contributed by atoms with Gasteiger partial charge in [-0.05, 0) is 18.9 Å². The van der Waals surface area contributed by atoms with Crippen LogP contribution in [-0.4, -0.2) is 18.1 Å². The van der Waals surface area contributed by atoms with Crippen molar-refractivity contribution in [2.24, 2.45) is 0 Å². The molecule has 138 valence electrons. The molecule has 0 radical (unpaired) electrons. The van der Waals surface area contributed by atoms with Crippen LogP contribution in [0.4, 0.5) is 0 Å². The van der Waals surface area contributed by atoms with E-state index in [0.717, 1.165) is 19.3 Å². The molecule has 0 saturated heterocycles. The number of unbranched alkanes of at least 4 members (excludes halogenated alkanes) is 14. The highest BCUT2D eigenvalue weighted by Crippen LogP contribution is 2.13. The van der Waals surface area contributed by atoms with Gasteiger partial charge in [0.1, 0.15) is 0 Å². The average molecular weight is 349 g/mol. The molecule has 0 aliphatic rings. The van der Waals surface area contributed by atoms with Crippen molar-refractivity contribution in [3.63, 3.8) is 0 Å². The van der Waals surface area contributed by atoms with E-state index < -0.39 is 15.2 Å². The van der Waals surface area contributed by atoms with E-state index in [4.69, 9.17) is 9.66 Å². The van der Waals surface area contributed by atoms with Crippen LogP contribution in [0.3, 0.4) is 0 Å². The Balaban J connectivity index is 3.22. The van der Waals surface area contributed by atoms with Gasteiger partial charge in [-0.1, -0.05) is 90.4 Å². The van der Waals surface area contributed by atoms with E-state index in [9.17, 15) is 8.42 Å². The third-order valence-electron chi connectivity index (χ3n) is 4.14. The van der Waals surface area contributed by atoms with Crippen LogP contribution in [0.5, 0.6) is 0 Å². The summed E-state index contributed by atoms with van der Waals surface area (Å²) in [5.74, 6) is 0. The van der Waals surface area contributed by atoms with Gasteiger partial charge in [0, 0.05) is 0 Å². The molecule has 0 heterocycles. The van der Waals surface area contributed by atoms with Crippen LogP contribution < -0.4 is 0 Å². The van der Waals surface area contributed by atoms with Crippen LogP contribution >= 0.6 is 0 Å². The fourth-order valence-corrected chi connectivity index (χ4v) is 3.00. The van der Waals surface area contributed by atoms with Gasteiger partial charge in [-0.15, -0.1) is 0 Å². The summed E-state index contributed by atoms with van der Waals surface area (Å²) in [6, 6.07) is 0. The molecule has 0 saturated carbocycles. The van der Waals surface area contributed by atoms with Crippen molar-refractivity contribution < 1.29 is 18.1 Å². The molecule has 0 aliphatic heterocycles. The van der Waals surface area contributed by atoms with Gasteiger partial charge in [-0.2, -0.15) is 8.42 Å². The molecule has 0 fully saturated rings. The zero-order valence-electron chi connectivity index (χ0n) is 14.8. The van der Waals surface area contributed by atoms with Gasteiger partial charge < -0.3 is 5.11 Å². The van der Waals surface area contributed by atoms with Gasteiger partial charge >= 0.3 is 10.1 Å². The lowest BCUT2D eigenvalue weighted by Gasteiger charge is -2.03. The molecular formula is C18H36O4S. The number of hydrogen-bond acceptors (Lipinski definition) is 3. The molecule has 23 heavy (non-hydrogen) atoms. The quantitative estimate of drug-likeness (QED) is 0.199. The Labute approximate surface area is 143 Å². The molecule has 0 rings (SSSR count). The van der Waals surface area contributed by atoms with Crippen LogP contribution in [0.15, 0.2) is 11.2 Å². The summed E-state index contributed by atoms with van der Waals surface area (Å²) >= 11 is 0. The van der Waals surface area contributed by atoms with E-state index >= 15 is 0 Å². The first-order chi connectivity index (χ1) is 11.0. The normalized spacial score (nSPS) is 12.7. The third-order valence-corrected chi connectivity index (χ3v) is 4.84. The zero-order chi connectivity index (χ0) is 17.4. The molecule has 0 unspecified atom stereocenters. The minimum atomic E-state index is -4.41. The molecule has 0 bridgehead atoms. The number of aliphatic hydroxyl groups is 1. The summed E-state index contributed by atoms with van der Waals surface area (Å²) in [5, 5.41) is 8.09. The Hall–Kier alpha value is -0.550. The molecule has 0 aromatic carbocycles. The molecule has 0 aliphatic carbocycles. The molecule has 0 atom stereocenters. The van der Waals surface area contributed by atoms with Crippen LogP contribution in [0, 0.1) is 0 Å². The highest BCUT2D eigenvalue weighted by atomic mass is 32.2. The van der Waals surface area contributed by atoms with Gasteiger partial charge in [-0.3, -0.25) is 4.55 Å². The lowest BCUT2D eigenvalue weighted by atomic mass is 10.0. The van der Waals surface area contributed by atoms with Crippen LogP contribution in [0.1, 0.15) is 103 Å². The maximum absolute atomic E-state index is 10.5. The second kappa shape index (κ2) is 15.0. The topological polar surface area (TPSA) is 74.6 Å². The van der Waals surface area contributed by atoms with E-state index in [0.29, 0.717) is 6.42 Å². The van der Waals surface area contributed by atoms with Crippen LogP contribution in [0.25, 0.3) is 0 Å². The van der Waals surface area contributed by atoms with Gasteiger partial charge in [0.15, 0.2) is 0 Å². The molecule has 2 N–H and O–H groups in total. The Morgan fingerprint density at radius 3 is 1.43 bits per heavy atom. The van der Waals surface area contributed by atoms with Crippen molar-refractivity contribution in [1.82, 2.24) is 0 Å². The maximum Gasteiger partial charge on any atom is 0.327 e. The van der Waals surface area contributed by atoms with Gasteiger partial charge in [0.25, 0.3) is 0 Å². The van der Waals surface area contributed by atoms with Gasteiger partial charge in [0.2, 0.25) is 5.09 Å². The first-order valence-corrected chi connectivity index (χ1v) is 10.8. The summed E-state index contributed by atoms with van der Waals surface area (Å²) in [7, 11) is -4.41. The Kier molecular flexibility index (Phi) is 14.6. The molecule has 5 heteroatoms. The van der Waals surface area contributed by atoms with E-state index in [2.05, 4.69) is 6.92 Å². The monoisotopic (exact) mass is 348 g/mol. The van der Waals surface area contributed by atoms with Crippen molar-refractivity contribution >= 4 is 10.1 Å². The summed E-state index contributed by atoms with van der Waals surface area (Å²) < 4.78 is 29.6. The van der Waals surface area contributed by atoms with Crippen LogP contribution in [0.2, 0.25) is 0 Å². The summed E-state index contributed by atoms with van der Waals surface area (Å²) in [6.07, 6.45) is 19.5. The van der Waals surface area contributed by atoms with Crippen molar-refractivity contribution in [2.45, 2.75) is 103 Å². The predicted octanol–water partition coefficient (Wildman–Crippen LogP) is 6.15. The molecule has 0 amide bonds. The number of allylic oxidation sites excluding steroid dienone is 1. The molecule has 0 aromatic heterocycles. The Morgan fingerprint density at radius 2 is 1.09 bits per heavy atom. The van der Waals surface area contributed by atoms with E-state index in [-0.39, 0.29) is 0 Å². The molecule has 0 spiro atoms. The Bertz CT molecular complexity index is 388. The lowest BCUT2D eigenvalue weighted by Crippen LogP contribution is -2.00. The third kappa shape index (κ3) is 16.1. The van der Waals surface area contributed by atoms with Crippen molar-refractivity contribution in [3.05, 3.63) is 11.2 Å². The molecule has 4 nitrogen and oxygen atoms in total. The first kappa shape index (κ1) is 22.4. The minimum Gasteiger partial charge on any atom is -0.497 e. The smallest absolute Gasteiger partial charge is 0.327 e. The SMILES string of the molecule is CCCCCCCCCCCCCCCCC=C(O)S(=O)(=O)O. The predicted molar refractivity (Wildman–Crippen MR) is 97.2 cm³/mol. The fourth-order valence-electron chi connectivity index (χ4n) is 2.67. The van der Waals surface area contributed by atoms with Crippen molar-refractivity contribution in [3.8, 4) is 0 Å². The van der Waals surface area contributed by atoms with E-state index in [1.807, 2.05) is 0 Å². The minimum absolute atomic E-state index is 0.490. The number of hydrogen-bond donors (Lipinski definition) is 2. The van der Waals surface area contributed by atoms with Crippen molar-refractivity contribution in [2.75, 3.05) is 0 Å². The van der Waals surface area contributed by atoms with Gasteiger partial charge in [-0.25, -0.2) is 0 Å². The average Bonchev–Trinajstić information content (AvgIpc) is 2.50. The standard InChI is InChI=1S/C18H36O4S/c1-2-3-4-5-6-7-8-9-10-11-12-13-14-15-16-17-18(19)23(20,21)22/h17,19H,2-16H2,1H3,(H,20,21,22). The molecule has 0 aromatic rings. The Morgan fingerprint density at radius 1 is 0.739 bits per heavy atom. The highest BCUT2D eigenvalue weighted by Gasteiger charge is 2.09. The second-order valence-corrected chi connectivity index (χ2v) is 7.77. The summed E-state index contributed by atoms with van der Waals surface area (Å²) in [5.41, 5.74) is 0. The van der Waals surface area contributed by atoms with Crippen molar-refractivity contribution in [1.29, 1.82) is 0 Å².